The molecule has 5 heteroatoms. The van der Waals surface area contributed by atoms with Crippen LogP contribution in [0.2, 0.25) is 0 Å². The van der Waals surface area contributed by atoms with Gasteiger partial charge >= 0.3 is 0 Å². The lowest BCUT2D eigenvalue weighted by Gasteiger charge is -2.10. The van der Waals surface area contributed by atoms with Gasteiger partial charge in [0, 0.05) is 19.7 Å². The molecule has 18 heavy (non-hydrogen) atoms. The van der Waals surface area contributed by atoms with Crippen LogP contribution in [0.25, 0.3) is 11.1 Å². The molecule has 0 saturated carbocycles. The Morgan fingerprint density at radius 1 is 1.28 bits per heavy atom. The Morgan fingerprint density at radius 2 is 2.06 bits per heavy atom. The quantitative estimate of drug-likeness (QED) is 0.895. The number of nitrogen functional groups attached to an aromatic ring is 1. The van der Waals surface area contributed by atoms with E-state index in [-0.39, 0.29) is 0 Å². The summed E-state index contributed by atoms with van der Waals surface area (Å²) in [5, 5.41) is 4.16. The second-order valence-electron chi connectivity index (χ2n) is 4.02. The number of aryl methyl sites for hydroxylation is 1. The SMILES string of the molecule is COCc1ccc(OC)cc1-c1cnn(C)c1N. The smallest absolute Gasteiger partial charge is 0.129 e. The second-order valence-corrected chi connectivity index (χ2v) is 4.02. The highest BCUT2D eigenvalue weighted by Gasteiger charge is 2.12. The molecular formula is C13H17N3O2. The summed E-state index contributed by atoms with van der Waals surface area (Å²) >= 11 is 0. The van der Waals surface area contributed by atoms with Gasteiger partial charge in [-0.2, -0.15) is 5.10 Å². The fourth-order valence-corrected chi connectivity index (χ4v) is 1.87. The summed E-state index contributed by atoms with van der Waals surface area (Å²) in [6.45, 7) is 0.521. The third-order valence-electron chi connectivity index (χ3n) is 2.89. The van der Waals surface area contributed by atoms with E-state index in [1.165, 1.54) is 0 Å². The number of ether oxygens (including phenoxy) is 2. The van der Waals surface area contributed by atoms with Crippen LogP contribution in [0.15, 0.2) is 24.4 Å². The second kappa shape index (κ2) is 5.10. The molecule has 0 aliphatic rings. The van der Waals surface area contributed by atoms with Crippen molar-refractivity contribution in [3.63, 3.8) is 0 Å². The van der Waals surface area contributed by atoms with Crippen LogP contribution in [-0.4, -0.2) is 24.0 Å². The van der Waals surface area contributed by atoms with Crippen molar-refractivity contribution in [1.82, 2.24) is 9.78 Å². The maximum Gasteiger partial charge on any atom is 0.129 e. The number of benzene rings is 1. The number of aromatic nitrogens is 2. The van der Waals surface area contributed by atoms with Crippen molar-refractivity contribution < 1.29 is 9.47 Å². The maximum atomic E-state index is 6.01. The van der Waals surface area contributed by atoms with E-state index < -0.39 is 0 Å². The van der Waals surface area contributed by atoms with E-state index in [2.05, 4.69) is 5.10 Å². The summed E-state index contributed by atoms with van der Waals surface area (Å²) < 4.78 is 12.1. The lowest BCUT2D eigenvalue weighted by atomic mass is 10.0. The first-order valence-electron chi connectivity index (χ1n) is 5.61. The molecule has 2 N–H and O–H groups in total. The van der Waals surface area contributed by atoms with Crippen LogP contribution in [0.4, 0.5) is 5.82 Å². The van der Waals surface area contributed by atoms with Crippen LogP contribution in [0.5, 0.6) is 5.75 Å². The Hall–Kier alpha value is -2.01. The standard InChI is InChI=1S/C13H17N3O2/c1-16-13(14)12(7-15-16)11-6-10(18-3)5-4-9(11)8-17-2/h4-7H,8,14H2,1-3H3. The maximum absolute atomic E-state index is 6.01. The third-order valence-corrected chi connectivity index (χ3v) is 2.89. The molecule has 0 atom stereocenters. The first-order valence-corrected chi connectivity index (χ1v) is 5.61. The molecule has 2 aromatic rings. The van der Waals surface area contributed by atoms with Crippen molar-refractivity contribution >= 4 is 5.82 Å². The van der Waals surface area contributed by atoms with Gasteiger partial charge in [-0.25, -0.2) is 0 Å². The van der Waals surface area contributed by atoms with Gasteiger partial charge in [0.05, 0.1) is 19.9 Å². The molecule has 0 saturated heterocycles. The van der Waals surface area contributed by atoms with Crippen LogP contribution < -0.4 is 10.5 Å². The van der Waals surface area contributed by atoms with E-state index >= 15 is 0 Å². The van der Waals surface area contributed by atoms with Crippen LogP contribution >= 0.6 is 0 Å². The van der Waals surface area contributed by atoms with Gasteiger partial charge in [-0.3, -0.25) is 4.68 Å². The Labute approximate surface area is 106 Å². The minimum Gasteiger partial charge on any atom is -0.497 e. The third kappa shape index (κ3) is 2.17. The Kier molecular flexibility index (Phi) is 3.53. The Bertz CT molecular complexity index is 549. The van der Waals surface area contributed by atoms with Gasteiger partial charge in [-0.05, 0) is 23.3 Å². The fraction of sp³-hybridized carbons (Fsp3) is 0.308. The minimum atomic E-state index is 0.521. The van der Waals surface area contributed by atoms with Crippen molar-refractivity contribution in [2.75, 3.05) is 20.0 Å². The summed E-state index contributed by atoms with van der Waals surface area (Å²) in [7, 11) is 5.12. The zero-order valence-electron chi connectivity index (χ0n) is 10.8. The van der Waals surface area contributed by atoms with Gasteiger partial charge in [-0.1, -0.05) is 6.07 Å². The minimum absolute atomic E-state index is 0.521. The molecule has 1 aromatic carbocycles. The zero-order chi connectivity index (χ0) is 13.1. The van der Waals surface area contributed by atoms with Crippen LogP contribution in [0.1, 0.15) is 5.56 Å². The van der Waals surface area contributed by atoms with Gasteiger partial charge in [0.25, 0.3) is 0 Å². The average molecular weight is 247 g/mol. The number of hydrogen-bond donors (Lipinski definition) is 1. The normalized spacial score (nSPS) is 10.6. The molecule has 0 aliphatic carbocycles. The summed E-state index contributed by atoms with van der Waals surface area (Å²) in [4.78, 5) is 0. The monoisotopic (exact) mass is 247 g/mol. The molecular weight excluding hydrogens is 230 g/mol. The van der Waals surface area contributed by atoms with Crippen LogP contribution in [0, 0.1) is 0 Å². The van der Waals surface area contributed by atoms with E-state index in [9.17, 15) is 0 Å². The molecule has 0 spiro atoms. The molecule has 1 heterocycles. The highest BCUT2D eigenvalue weighted by molar-refractivity contribution is 5.77. The van der Waals surface area contributed by atoms with Crippen molar-refractivity contribution in [3.8, 4) is 16.9 Å². The zero-order valence-corrected chi connectivity index (χ0v) is 10.8. The number of nitrogens with two attached hydrogens (primary N) is 1. The number of hydrogen-bond acceptors (Lipinski definition) is 4. The fourth-order valence-electron chi connectivity index (χ4n) is 1.87. The molecule has 0 bridgehead atoms. The molecule has 0 aliphatic heterocycles. The number of nitrogens with zero attached hydrogens (tertiary/aromatic N) is 2. The summed E-state index contributed by atoms with van der Waals surface area (Å²) in [6, 6.07) is 5.83. The Balaban J connectivity index is 2.55. The first-order chi connectivity index (χ1) is 8.67. The van der Waals surface area contributed by atoms with Crippen LogP contribution in [0.3, 0.4) is 0 Å². The average Bonchev–Trinajstić information content (AvgIpc) is 2.71. The van der Waals surface area contributed by atoms with Crippen molar-refractivity contribution in [3.05, 3.63) is 30.0 Å². The molecule has 2 rings (SSSR count). The topological polar surface area (TPSA) is 62.3 Å². The summed E-state index contributed by atoms with van der Waals surface area (Å²) in [5.41, 5.74) is 8.94. The molecule has 0 radical (unpaired) electrons. The number of rotatable bonds is 4. The van der Waals surface area contributed by atoms with E-state index in [1.807, 2.05) is 25.2 Å². The molecule has 1 aromatic heterocycles. The van der Waals surface area contributed by atoms with Crippen LogP contribution in [-0.2, 0) is 18.4 Å². The van der Waals surface area contributed by atoms with Gasteiger partial charge in [-0.15, -0.1) is 0 Å². The molecule has 96 valence electrons. The summed E-state index contributed by atoms with van der Waals surface area (Å²) in [5.74, 6) is 1.41. The van der Waals surface area contributed by atoms with E-state index in [4.69, 9.17) is 15.2 Å². The predicted molar refractivity (Wildman–Crippen MR) is 70.3 cm³/mol. The first kappa shape index (κ1) is 12.4. The largest absolute Gasteiger partial charge is 0.497 e. The van der Waals surface area contributed by atoms with E-state index in [0.717, 1.165) is 22.4 Å². The molecule has 5 nitrogen and oxygen atoms in total. The molecule has 0 fully saturated rings. The van der Waals surface area contributed by atoms with E-state index in [1.54, 1.807) is 25.1 Å². The van der Waals surface area contributed by atoms with Gasteiger partial charge in [0.1, 0.15) is 11.6 Å². The van der Waals surface area contributed by atoms with Gasteiger partial charge in [0.2, 0.25) is 0 Å². The van der Waals surface area contributed by atoms with Crippen molar-refractivity contribution in [1.29, 1.82) is 0 Å². The number of anilines is 1. The summed E-state index contributed by atoms with van der Waals surface area (Å²) in [6.07, 6.45) is 1.75. The lowest BCUT2D eigenvalue weighted by Crippen LogP contribution is -1.99. The lowest BCUT2D eigenvalue weighted by molar-refractivity contribution is 0.185. The molecule has 0 unspecified atom stereocenters. The van der Waals surface area contributed by atoms with Crippen molar-refractivity contribution in [2.45, 2.75) is 6.61 Å². The van der Waals surface area contributed by atoms with Gasteiger partial charge in [0.15, 0.2) is 0 Å². The Morgan fingerprint density at radius 3 is 2.61 bits per heavy atom. The highest BCUT2D eigenvalue weighted by atomic mass is 16.5. The van der Waals surface area contributed by atoms with Gasteiger partial charge < -0.3 is 15.2 Å². The predicted octanol–water partition coefficient (Wildman–Crippen LogP) is 1.82. The van der Waals surface area contributed by atoms with E-state index in [0.29, 0.717) is 12.4 Å². The molecule has 0 amide bonds. The highest BCUT2D eigenvalue weighted by Crippen LogP contribution is 2.31. The number of methoxy groups -OCH3 is 2. The van der Waals surface area contributed by atoms with Crippen molar-refractivity contribution in [2.24, 2.45) is 7.05 Å².